The van der Waals surface area contributed by atoms with Gasteiger partial charge < -0.3 is 14.5 Å². The molecular formula is C62H68N4O. The molecule has 0 atom stereocenters. The SMILES string of the molecule is CC(C)(C)C1=CN(c2cc(Oc3cc(C(C)(C)C)c4c5ccccc5n(-c5cc(C(C)(C)c6ccccc6)ccn5)c4c3)cc(C(C)(C)c3ccccc3)c2)CN1c1ccc(C(C)(C)C)cc1. The largest absolute Gasteiger partial charge is 0.457 e. The molecule has 0 saturated heterocycles. The third-order valence-electron chi connectivity index (χ3n) is 14.1. The summed E-state index contributed by atoms with van der Waals surface area (Å²) in [6.45, 7) is 30.5. The van der Waals surface area contributed by atoms with Gasteiger partial charge in [-0.1, -0.05) is 181 Å². The quantitative estimate of drug-likeness (QED) is 0.145. The highest BCUT2D eigenvalue weighted by Gasteiger charge is 2.34. The van der Waals surface area contributed by atoms with Gasteiger partial charge in [0.25, 0.3) is 0 Å². The fourth-order valence-corrected chi connectivity index (χ4v) is 9.85. The Hall–Kier alpha value is -6.59. The Kier molecular flexibility index (Phi) is 11.3. The van der Waals surface area contributed by atoms with Gasteiger partial charge in [0.1, 0.15) is 17.3 Å². The van der Waals surface area contributed by atoms with Gasteiger partial charge in [-0.25, -0.2) is 4.98 Å². The summed E-state index contributed by atoms with van der Waals surface area (Å²) in [5.74, 6) is 2.46. The van der Waals surface area contributed by atoms with Crippen LogP contribution < -0.4 is 14.5 Å². The van der Waals surface area contributed by atoms with Crippen LogP contribution in [-0.4, -0.2) is 16.2 Å². The maximum absolute atomic E-state index is 7.27. The van der Waals surface area contributed by atoms with Gasteiger partial charge in [0.2, 0.25) is 0 Å². The molecule has 1 aliphatic rings. The van der Waals surface area contributed by atoms with Crippen molar-refractivity contribution < 1.29 is 4.74 Å². The van der Waals surface area contributed by atoms with E-state index in [1.807, 2.05) is 6.20 Å². The number of benzene rings is 6. The van der Waals surface area contributed by atoms with Gasteiger partial charge in [-0.05, 0) is 92.7 Å². The van der Waals surface area contributed by atoms with Crippen molar-refractivity contribution in [3.63, 3.8) is 0 Å². The van der Waals surface area contributed by atoms with Gasteiger partial charge in [-0.2, -0.15) is 0 Å². The Morgan fingerprint density at radius 3 is 1.67 bits per heavy atom. The molecule has 6 aromatic carbocycles. The van der Waals surface area contributed by atoms with Gasteiger partial charge in [0.05, 0.1) is 17.7 Å². The van der Waals surface area contributed by atoms with Crippen molar-refractivity contribution >= 4 is 33.2 Å². The van der Waals surface area contributed by atoms with Crippen LogP contribution in [0.25, 0.3) is 27.6 Å². The molecule has 2 aromatic heterocycles. The Morgan fingerprint density at radius 2 is 1.06 bits per heavy atom. The minimum absolute atomic E-state index is 0.0805. The first-order chi connectivity index (χ1) is 31.6. The standard InChI is InChI=1S/C62H68N4O/c1-58(2,3)42-28-30-47(31-29-42)65-41-64(40-55(65)60(7,8)9)48-34-46(62(12,13)44-24-18-15-19-25-44)35-49(37-48)67-50-38-52(59(4,5)6)57-51-26-20-21-27-53(51)66(54(57)39-50)56-36-45(32-33-63-56)61(10,11)43-22-16-14-17-23-43/h14-40H,41H2,1-13H3. The van der Waals surface area contributed by atoms with E-state index >= 15 is 0 Å². The second kappa shape index (κ2) is 16.6. The van der Waals surface area contributed by atoms with Crippen LogP contribution >= 0.6 is 0 Å². The van der Waals surface area contributed by atoms with E-state index in [9.17, 15) is 0 Å². The van der Waals surface area contributed by atoms with Crippen LogP contribution in [0.4, 0.5) is 11.4 Å². The zero-order valence-corrected chi connectivity index (χ0v) is 42.0. The summed E-state index contributed by atoms with van der Waals surface area (Å²) in [6.07, 6.45) is 4.31. The van der Waals surface area contributed by atoms with E-state index < -0.39 is 0 Å². The number of rotatable bonds is 9. The molecular weight excluding hydrogens is 817 g/mol. The van der Waals surface area contributed by atoms with Crippen molar-refractivity contribution in [2.75, 3.05) is 16.5 Å². The molecule has 0 fully saturated rings. The van der Waals surface area contributed by atoms with Crippen LogP contribution in [0.3, 0.4) is 0 Å². The second-order valence-corrected chi connectivity index (χ2v) is 22.8. The highest BCUT2D eigenvalue weighted by molar-refractivity contribution is 6.11. The lowest BCUT2D eigenvalue weighted by molar-refractivity contribution is 0.477. The van der Waals surface area contributed by atoms with E-state index in [1.54, 1.807) is 0 Å². The molecule has 67 heavy (non-hydrogen) atoms. The molecule has 0 unspecified atom stereocenters. The summed E-state index contributed by atoms with van der Waals surface area (Å²) in [5.41, 5.74) is 12.4. The molecule has 9 rings (SSSR count). The highest BCUT2D eigenvalue weighted by Crippen LogP contribution is 2.45. The average Bonchev–Trinajstić information content (AvgIpc) is 3.90. The van der Waals surface area contributed by atoms with Crippen LogP contribution in [0.15, 0.2) is 170 Å². The van der Waals surface area contributed by atoms with E-state index in [-0.39, 0.29) is 27.1 Å². The maximum Gasteiger partial charge on any atom is 0.137 e. The number of pyridine rings is 1. The van der Waals surface area contributed by atoms with Crippen molar-refractivity contribution in [3.05, 3.63) is 203 Å². The fraction of sp³-hybridized carbons (Fsp3) is 0.306. The highest BCUT2D eigenvalue weighted by atomic mass is 16.5. The normalized spacial score (nSPS) is 14.0. The van der Waals surface area contributed by atoms with Crippen LogP contribution in [0.1, 0.15) is 123 Å². The van der Waals surface area contributed by atoms with Crippen molar-refractivity contribution in [1.82, 2.24) is 9.55 Å². The van der Waals surface area contributed by atoms with Gasteiger partial charge in [0, 0.05) is 68.6 Å². The number of hydrogen-bond donors (Lipinski definition) is 0. The molecule has 0 aliphatic carbocycles. The Bertz CT molecular complexity index is 3120. The predicted molar refractivity (Wildman–Crippen MR) is 283 cm³/mol. The Labute approximate surface area is 399 Å². The number of fused-ring (bicyclic) bond motifs is 3. The summed E-state index contributed by atoms with van der Waals surface area (Å²) in [6, 6.07) is 55.2. The summed E-state index contributed by atoms with van der Waals surface area (Å²) >= 11 is 0. The molecule has 8 aromatic rings. The Morgan fingerprint density at radius 1 is 0.463 bits per heavy atom. The van der Waals surface area contributed by atoms with E-state index in [4.69, 9.17) is 9.72 Å². The first-order valence-electron chi connectivity index (χ1n) is 24.0. The molecule has 0 bridgehead atoms. The van der Waals surface area contributed by atoms with Crippen molar-refractivity contribution in [3.8, 4) is 17.3 Å². The predicted octanol–water partition coefficient (Wildman–Crippen LogP) is 16.4. The second-order valence-electron chi connectivity index (χ2n) is 22.8. The monoisotopic (exact) mass is 885 g/mol. The summed E-state index contributed by atoms with van der Waals surface area (Å²) < 4.78 is 9.61. The van der Waals surface area contributed by atoms with Gasteiger partial charge in [-0.3, -0.25) is 4.57 Å². The first kappa shape index (κ1) is 45.6. The van der Waals surface area contributed by atoms with Crippen LogP contribution in [-0.2, 0) is 21.7 Å². The minimum atomic E-state index is -0.314. The number of allylic oxidation sites excluding steroid dienone is 1. The minimum Gasteiger partial charge on any atom is -0.457 e. The van der Waals surface area contributed by atoms with Crippen molar-refractivity contribution in [2.24, 2.45) is 5.41 Å². The first-order valence-corrected chi connectivity index (χ1v) is 24.0. The third kappa shape index (κ3) is 8.66. The van der Waals surface area contributed by atoms with E-state index in [2.05, 4.69) is 262 Å². The van der Waals surface area contributed by atoms with Crippen LogP contribution in [0.2, 0.25) is 0 Å². The van der Waals surface area contributed by atoms with Crippen LogP contribution in [0.5, 0.6) is 11.5 Å². The summed E-state index contributed by atoms with van der Waals surface area (Å²) in [4.78, 5) is 9.95. The van der Waals surface area contributed by atoms with Crippen molar-refractivity contribution in [2.45, 2.75) is 112 Å². The molecule has 3 heterocycles. The lowest BCUT2D eigenvalue weighted by Crippen LogP contribution is -2.30. The van der Waals surface area contributed by atoms with Crippen molar-refractivity contribution in [1.29, 1.82) is 0 Å². The van der Waals surface area contributed by atoms with Crippen LogP contribution in [0, 0.1) is 5.41 Å². The van der Waals surface area contributed by atoms with Gasteiger partial charge >= 0.3 is 0 Å². The molecule has 5 heteroatoms. The molecule has 0 radical (unpaired) electrons. The number of nitrogens with zero attached hydrogens (tertiary/aromatic N) is 4. The fourth-order valence-electron chi connectivity index (χ4n) is 9.85. The number of anilines is 2. The molecule has 1 aliphatic heterocycles. The van der Waals surface area contributed by atoms with E-state index in [0.29, 0.717) is 6.67 Å². The Balaban J connectivity index is 1.20. The maximum atomic E-state index is 7.27. The van der Waals surface area contributed by atoms with E-state index in [0.717, 1.165) is 34.0 Å². The lowest BCUT2D eigenvalue weighted by atomic mass is 9.78. The molecule has 0 spiro atoms. The average molecular weight is 885 g/mol. The number of para-hydroxylation sites is 1. The summed E-state index contributed by atoms with van der Waals surface area (Å²) in [5, 5.41) is 2.42. The number of hydrogen-bond acceptors (Lipinski definition) is 4. The zero-order valence-electron chi connectivity index (χ0n) is 42.0. The molecule has 5 nitrogen and oxygen atoms in total. The number of aromatic nitrogens is 2. The van der Waals surface area contributed by atoms with Gasteiger partial charge in [0.15, 0.2) is 0 Å². The molecule has 0 amide bonds. The lowest BCUT2D eigenvalue weighted by Gasteiger charge is -2.32. The topological polar surface area (TPSA) is 33.5 Å². The molecule has 0 saturated carbocycles. The van der Waals surface area contributed by atoms with Gasteiger partial charge in [-0.15, -0.1) is 0 Å². The zero-order chi connectivity index (χ0) is 47.7. The number of ether oxygens (including phenoxy) is 1. The molecule has 342 valence electrons. The summed E-state index contributed by atoms with van der Waals surface area (Å²) in [7, 11) is 0. The smallest absolute Gasteiger partial charge is 0.137 e. The third-order valence-corrected chi connectivity index (χ3v) is 14.1. The van der Waals surface area contributed by atoms with E-state index in [1.165, 1.54) is 55.5 Å². The molecule has 0 N–H and O–H groups in total.